The number of hydrogen-bond donors (Lipinski definition) is 0. The van der Waals surface area contributed by atoms with Crippen LogP contribution in [-0.2, 0) is 11.2 Å². The van der Waals surface area contributed by atoms with Crippen LogP contribution in [0, 0.1) is 5.92 Å². The fourth-order valence-electron chi connectivity index (χ4n) is 3.32. The van der Waals surface area contributed by atoms with Gasteiger partial charge >= 0.3 is 0 Å². The summed E-state index contributed by atoms with van der Waals surface area (Å²) in [6.07, 6.45) is 4.99. The second-order valence-corrected chi connectivity index (χ2v) is 6.20. The van der Waals surface area contributed by atoms with Crippen LogP contribution in [0.1, 0.15) is 22.6 Å². The Labute approximate surface area is 147 Å². The molecule has 0 aliphatic carbocycles. The van der Waals surface area contributed by atoms with Crippen LogP contribution in [0.25, 0.3) is 0 Å². The van der Waals surface area contributed by atoms with Crippen LogP contribution in [-0.4, -0.2) is 54.2 Å². The molecule has 3 rings (SSSR count). The number of likely N-dealkylation sites (tertiary alicyclic amines) is 1. The van der Waals surface area contributed by atoms with Gasteiger partial charge in [-0.15, -0.1) is 0 Å². The van der Waals surface area contributed by atoms with Gasteiger partial charge in [-0.25, -0.2) is 9.97 Å². The Hall–Kier alpha value is -2.47. The van der Waals surface area contributed by atoms with Crippen molar-refractivity contribution < 1.29 is 14.3 Å². The summed E-state index contributed by atoms with van der Waals surface area (Å²) in [5.41, 5.74) is 1.21. The summed E-state index contributed by atoms with van der Waals surface area (Å²) in [5.74, 6) is 1.21. The summed E-state index contributed by atoms with van der Waals surface area (Å²) < 4.78 is 10.9. The number of amides is 1. The summed E-state index contributed by atoms with van der Waals surface area (Å²) in [5, 5.41) is 0. The van der Waals surface area contributed by atoms with Crippen molar-refractivity contribution in [1.29, 1.82) is 0 Å². The van der Waals surface area contributed by atoms with Crippen LogP contribution in [0.2, 0.25) is 0 Å². The van der Waals surface area contributed by atoms with E-state index in [9.17, 15) is 4.79 Å². The van der Waals surface area contributed by atoms with E-state index in [1.54, 1.807) is 32.7 Å². The van der Waals surface area contributed by atoms with Crippen LogP contribution >= 0.6 is 0 Å². The predicted octanol–water partition coefficient (Wildman–Crippen LogP) is 2.21. The lowest BCUT2D eigenvalue weighted by molar-refractivity contribution is -0.00337. The first-order valence-corrected chi connectivity index (χ1v) is 8.43. The number of nitrogens with zero attached hydrogens (tertiary/aromatic N) is 3. The van der Waals surface area contributed by atoms with Crippen LogP contribution in [0.3, 0.4) is 0 Å². The van der Waals surface area contributed by atoms with Crippen molar-refractivity contribution in [1.82, 2.24) is 14.9 Å². The van der Waals surface area contributed by atoms with E-state index in [-0.39, 0.29) is 23.8 Å². The molecule has 0 unspecified atom stereocenters. The molecule has 25 heavy (non-hydrogen) atoms. The minimum atomic E-state index is -0.116. The fraction of sp³-hybridized carbons (Fsp3) is 0.421. The average molecular weight is 341 g/mol. The molecular weight excluding hydrogens is 318 g/mol. The molecule has 0 N–H and O–H groups in total. The number of aromatic nitrogens is 2. The lowest BCUT2D eigenvalue weighted by atomic mass is 9.88. The van der Waals surface area contributed by atoms with Crippen LogP contribution in [0.5, 0.6) is 5.75 Å². The lowest BCUT2D eigenvalue weighted by Crippen LogP contribution is -2.47. The molecule has 2 heterocycles. The van der Waals surface area contributed by atoms with Gasteiger partial charge in [0.25, 0.3) is 5.91 Å². The van der Waals surface area contributed by atoms with E-state index < -0.39 is 0 Å². The topological polar surface area (TPSA) is 64.5 Å². The molecule has 1 aromatic carbocycles. The third-order valence-corrected chi connectivity index (χ3v) is 4.67. The van der Waals surface area contributed by atoms with E-state index in [2.05, 4.69) is 22.1 Å². The van der Waals surface area contributed by atoms with Crippen molar-refractivity contribution in [3.63, 3.8) is 0 Å². The van der Waals surface area contributed by atoms with Gasteiger partial charge in [0.15, 0.2) is 0 Å². The number of carbonyl (C=O) groups excluding carboxylic acids is 1. The molecule has 0 bridgehead atoms. The first-order valence-electron chi connectivity index (χ1n) is 8.43. The van der Waals surface area contributed by atoms with E-state index in [0.29, 0.717) is 13.1 Å². The maximum absolute atomic E-state index is 12.6. The minimum absolute atomic E-state index is 0.116. The highest BCUT2D eigenvalue weighted by atomic mass is 16.5. The standard InChI is InChI=1S/C19H23N3O3/c1-24-16-6-4-14(5-7-16)12-15-13-22(11-8-17(15)25-2)19(23)18-20-9-3-10-21-18/h3-7,9-10,15,17H,8,11-13H2,1-2H3/t15-,17-/m1/s1. The molecule has 1 fully saturated rings. The highest BCUT2D eigenvalue weighted by molar-refractivity contribution is 5.90. The van der Waals surface area contributed by atoms with Gasteiger partial charge in [-0.3, -0.25) is 4.79 Å². The smallest absolute Gasteiger partial charge is 0.291 e. The van der Waals surface area contributed by atoms with Gasteiger partial charge in [0, 0.05) is 38.5 Å². The molecule has 2 aromatic rings. The Kier molecular flexibility index (Phi) is 5.60. The van der Waals surface area contributed by atoms with Gasteiger partial charge < -0.3 is 14.4 Å². The van der Waals surface area contributed by atoms with Crippen LogP contribution in [0.15, 0.2) is 42.7 Å². The Morgan fingerprint density at radius 2 is 1.92 bits per heavy atom. The van der Waals surface area contributed by atoms with Gasteiger partial charge in [0.05, 0.1) is 13.2 Å². The zero-order valence-electron chi connectivity index (χ0n) is 14.6. The number of hydrogen-bond acceptors (Lipinski definition) is 5. The Balaban J connectivity index is 1.70. The van der Waals surface area contributed by atoms with Crippen molar-refractivity contribution >= 4 is 5.91 Å². The minimum Gasteiger partial charge on any atom is -0.497 e. The van der Waals surface area contributed by atoms with Gasteiger partial charge in [-0.05, 0) is 36.6 Å². The summed E-state index contributed by atoms with van der Waals surface area (Å²) in [7, 11) is 3.40. The van der Waals surface area contributed by atoms with Crippen molar-refractivity contribution in [3.05, 3.63) is 54.1 Å². The van der Waals surface area contributed by atoms with Gasteiger partial charge in [-0.1, -0.05) is 12.1 Å². The SMILES string of the molecule is COc1ccc(C[C@@H]2CN(C(=O)c3ncccn3)CC[C@H]2OC)cc1. The largest absolute Gasteiger partial charge is 0.497 e. The number of piperidine rings is 1. The Morgan fingerprint density at radius 1 is 1.20 bits per heavy atom. The lowest BCUT2D eigenvalue weighted by Gasteiger charge is -2.37. The van der Waals surface area contributed by atoms with Crippen molar-refractivity contribution in [2.45, 2.75) is 18.9 Å². The highest BCUT2D eigenvalue weighted by Crippen LogP contribution is 2.25. The summed E-state index contributed by atoms with van der Waals surface area (Å²) in [6.45, 7) is 1.30. The molecule has 0 saturated carbocycles. The maximum Gasteiger partial charge on any atom is 0.291 e. The molecule has 2 atom stereocenters. The number of carbonyl (C=O) groups is 1. The molecule has 1 aliphatic rings. The zero-order valence-corrected chi connectivity index (χ0v) is 14.6. The van der Waals surface area contributed by atoms with E-state index in [4.69, 9.17) is 9.47 Å². The molecule has 0 radical (unpaired) electrons. The number of ether oxygens (including phenoxy) is 2. The molecule has 6 heteroatoms. The molecule has 132 valence electrons. The molecule has 1 saturated heterocycles. The van der Waals surface area contributed by atoms with Gasteiger partial charge in [-0.2, -0.15) is 0 Å². The monoisotopic (exact) mass is 341 g/mol. The summed E-state index contributed by atoms with van der Waals surface area (Å²) in [6, 6.07) is 9.75. The molecular formula is C19H23N3O3. The van der Waals surface area contributed by atoms with E-state index in [1.807, 2.05) is 17.0 Å². The Bertz CT molecular complexity index is 691. The van der Waals surface area contributed by atoms with Crippen LogP contribution < -0.4 is 4.74 Å². The fourth-order valence-corrected chi connectivity index (χ4v) is 3.32. The second kappa shape index (κ2) is 8.07. The first kappa shape index (κ1) is 17.4. The molecule has 6 nitrogen and oxygen atoms in total. The number of methoxy groups -OCH3 is 2. The molecule has 0 spiro atoms. The predicted molar refractivity (Wildman–Crippen MR) is 93.5 cm³/mol. The van der Waals surface area contributed by atoms with E-state index in [1.165, 1.54) is 5.56 Å². The second-order valence-electron chi connectivity index (χ2n) is 6.20. The number of benzene rings is 1. The van der Waals surface area contributed by atoms with Crippen molar-refractivity contribution in [2.75, 3.05) is 27.3 Å². The zero-order chi connectivity index (χ0) is 17.6. The first-order chi connectivity index (χ1) is 12.2. The van der Waals surface area contributed by atoms with Crippen molar-refractivity contribution in [2.24, 2.45) is 5.92 Å². The van der Waals surface area contributed by atoms with Gasteiger partial charge in [0.2, 0.25) is 5.82 Å². The normalized spacial score (nSPS) is 20.3. The van der Waals surface area contributed by atoms with Crippen LogP contribution in [0.4, 0.5) is 0 Å². The maximum atomic E-state index is 12.6. The quantitative estimate of drug-likeness (QED) is 0.834. The summed E-state index contributed by atoms with van der Waals surface area (Å²) >= 11 is 0. The Morgan fingerprint density at radius 3 is 2.56 bits per heavy atom. The van der Waals surface area contributed by atoms with E-state index >= 15 is 0 Å². The number of rotatable bonds is 5. The average Bonchev–Trinajstić information content (AvgIpc) is 2.68. The molecule has 1 aliphatic heterocycles. The molecule has 1 aromatic heterocycles. The van der Waals surface area contributed by atoms with Gasteiger partial charge in [0.1, 0.15) is 5.75 Å². The van der Waals surface area contributed by atoms with Crippen molar-refractivity contribution in [3.8, 4) is 5.75 Å². The third kappa shape index (κ3) is 4.14. The highest BCUT2D eigenvalue weighted by Gasteiger charge is 2.32. The van der Waals surface area contributed by atoms with E-state index in [0.717, 1.165) is 18.6 Å². The molecule has 1 amide bonds. The third-order valence-electron chi connectivity index (χ3n) is 4.67. The summed E-state index contributed by atoms with van der Waals surface area (Å²) in [4.78, 5) is 22.6.